The summed E-state index contributed by atoms with van der Waals surface area (Å²) in [6.45, 7) is 5.42. The van der Waals surface area contributed by atoms with Gasteiger partial charge in [-0.2, -0.15) is 0 Å². The lowest BCUT2D eigenvalue weighted by Gasteiger charge is -2.23. The van der Waals surface area contributed by atoms with Crippen molar-refractivity contribution >= 4 is 5.97 Å². The molecule has 0 aromatic heterocycles. The fourth-order valence-electron chi connectivity index (χ4n) is 1.78. The fraction of sp³-hybridized carbons (Fsp3) is 0.462. The Morgan fingerprint density at radius 3 is 2.00 bits per heavy atom. The lowest BCUT2D eigenvalue weighted by Crippen LogP contribution is -2.42. The van der Waals surface area contributed by atoms with Gasteiger partial charge in [-0.05, 0) is 30.5 Å². The normalized spacial score (nSPS) is 14.4. The summed E-state index contributed by atoms with van der Waals surface area (Å²) in [6.07, 6.45) is 0. The molecule has 5 nitrogen and oxygen atoms in total. The lowest BCUT2D eigenvalue weighted by molar-refractivity contribution is -0.140. The van der Waals surface area contributed by atoms with Crippen LogP contribution in [0.3, 0.4) is 0 Å². The molecular formula is C13H19NO4. The van der Waals surface area contributed by atoms with Crippen LogP contribution in [0.5, 0.6) is 11.5 Å². The number of rotatable bonds is 5. The number of phenols is 2. The van der Waals surface area contributed by atoms with E-state index in [0.717, 1.165) is 0 Å². The number of phenolic OH excluding ortho intramolecular Hbond substituents is 2. The van der Waals surface area contributed by atoms with E-state index in [1.165, 1.54) is 18.2 Å². The number of carboxylic acids is 1. The summed E-state index contributed by atoms with van der Waals surface area (Å²) in [4.78, 5) is 11.1. The Labute approximate surface area is 106 Å². The standard InChI is InChI=1S/C13H19NO4/c1-7(2)12(13(17)18)14-8(3)9-4-10(15)6-11(16)5-9/h4-8,12,14-16H,1-3H3,(H,17,18). The van der Waals surface area contributed by atoms with Crippen molar-refractivity contribution in [1.29, 1.82) is 0 Å². The van der Waals surface area contributed by atoms with E-state index < -0.39 is 12.0 Å². The molecule has 2 atom stereocenters. The van der Waals surface area contributed by atoms with E-state index in [0.29, 0.717) is 5.56 Å². The first kappa shape index (κ1) is 14.3. The second kappa shape index (κ2) is 5.73. The molecule has 0 spiro atoms. The topological polar surface area (TPSA) is 89.8 Å². The summed E-state index contributed by atoms with van der Waals surface area (Å²) in [6, 6.07) is 3.26. The number of benzene rings is 1. The van der Waals surface area contributed by atoms with Gasteiger partial charge in [-0.25, -0.2) is 0 Å². The number of aliphatic carboxylic acids is 1. The molecule has 0 amide bonds. The first-order chi connectivity index (χ1) is 8.31. The van der Waals surface area contributed by atoms with Crippen LogP contribution in [-0.2, 0) is 4.79 Å². The number of carbonyl (C=O) groups is 1. The van der Waals surface area contributed by atoms with Crippen LogP contribution in [0.15, 0.2) is 18.2 Å². The van der Waals surface area contributed by atoms with E-state index >= 15 is 0 Å². The van der Waals surface area contributed by atoms with Crippen molar-refractivity contribution in [1.82, 2.24) is 5.32 Å². The van der Waals surface area contributed by atoms with Crippen LogP contribution in [0.2, 0.25) is 0 Å². The van der Waals surface area contributed by atoms with E-state index in [9.17, 15) is 15.0 Å². The Bertz CT molecular complexity index is 411. The van der Waals surface area contributed by atoms with Gasteiger partial charge in [0.25, 0.3) is 0 Å². The van der Waals surface area contributed by atoms with E-state index in [-0.39, 0.29) is 23.5 Å². The predicted molar refractivity (Wildman–Crippen MR) is 67.6 cm³/mol. The maximum absolute atomic E-state index is 11.1. The summed E-state index contributed by atoms with van der Waals surface area (Å²) in [5.74, 6) is -1.07. The number of nitrogens with one attached hydrogen (secondary N) is 1. The van der Waals surface area contributed by atoms with Gasteiger partial charge in [0.2, 0.25) is 0 Å². The van der Waals surface area contributed by atoms with Crippen LogP contribution in [0.4, 0.5) is 0 Å². The molecule has 0 aliphatic carbocycles. The third kappa shape index (κ3) is 3.63. The minimum atomic E-state index is -0.916. The highest BCUT2D eigenvalue weighted by Crippen LogP contribution is 2.25. The van der Waals surface area contributed by atoms with Gasteiger partial charge in [0.15, 0.2) is 0 Å². The van der Waals surface area contributed by atoms with Gasteiger partial charge in [-0.3, -0.25) is 10.1 Å². The minimum absolute atomic E-state index is 0.0462. The molecule has 0 heterocycles. The van der Waals surface area contributed by atoms with Crippen molar-refractivity contribution in [2.24, 2.45) is 5.92 Å². The summed E-state index contributed by atoms with van der Waals surface area (Å²) in [7, 11) is 0. The summed E-state index contributed by atoms with van der Waals surface area (Å²) in [5.41, 5.74) is 0.638. The maximum atomic E-state index is 11.1. The van der Waals surface area contributed by atoms with Crippen LogP contribution >= 0.6 is 0 Å². The van der Waals surface area contributed by atoms with Crippen molar-refractivity contribution in [3.8, 4) is 11.5 Å². The van der Waals surface area contributed by atoms with Crippen molar-refractivity contribution in [2.45, 2.75) is 32.9 Å². The van der Waals surface area contributed by atoms with Crippen molar-refractivity contribution in [3.05, 3.63) is 23.8 Å². The molecule has 0 aliphatic rings. The van der Waals surface area contributed by atoms with Crippen LogP contribution in [-0.4, -0.2) is 27.3 Å². The number of hydrogen-bond acceptors (Lipinski definition) is 4. The van der Waals surface area contributed by atoms with Gasteiger partial charge in [-0.1, -0.05) is 13.8 Å². The van der Waals surface area contributed by atoms with Gasteiger partial charge in [0.05, 0.1) is 0 Å². The zero-order valence-corrected chi connectivity index (χ0v) is 10.7. The summed E-state index contributed by atoms with van der Waals surface area (Å²) >= 11 is 0. The molecule has 100 valence electrons. The first-order valence-corrected chi connectivity index (χ1v) is 5.83. The van der Waals surface area contributed by atoms with E-state index in [1.807, 2.05) is 13.8 Å². The Morgan fingerprint density at radius 2 is 1.61 bits per heavy atom. The Morgan fingerprint density at radius 1 is 1.11 bits per heavy atom. The minimum Gasteiger partial charge on any atom is -0.508 e. The van der Waals surface area contributed by atoms with E-state index in [1.54, 1.807) is 6.92 Å². The highest BCUT2D eigenvalue weighted by Gasteiger charge is 2.23. The van der Waals surface area contributed by atoms with Crippen LogP contribution < -0.4 is 5.32 Å². The molecule has 1 aromatic carbocycles. The molecule has 1 aromatic rings. The molecule has 4 N–H and O–H groups in total. The monoisotopic (exact) mass is 253 g/mol. The SMILES string of the molecule is CC(NC(C(=O)O)C(C)C)c1cc(O)cc(O)c1. The molecule has 5 heteroatoms. The third-order valence-electron chi connectivity index (χ3n) is 2.79. The lowest BCUT2D eigenvalue weighted by atomic mass is 10.0. The van der Waals surface area contributed by atoms with Crippen molar-refractivity contribution in [3.63, 3.8) is 0 Å². The highest BCUT2D eigenvalue weighted by molar-refractivity contribution is 5.73. The molecule has 0 radical (unpaired) electrons. The van der Waals surface area contributed by atoms with Crippen molar-refractivity contribution < 1.29 is 20.1 Å². The number of aromatic hydroxyl groups is 2. The molecular weight excluding hydrogens is 234 g/mol. The Balaban J connectivity index is 2.86. The molecule has 2 unspecified atom stereocenters. The number of carboxylic acid groups (broad SMARTS) is 1. The van der Waals surface area contributed by atoms with E-state index in [4.69, 9.17) is 5.11 Å². The van der Waals surface area contributed by atoms with Crippen molar-refractivity contribution in [2.75, 3.05) is 0 Å². The second-order valence-electron chi connectivity index (χ2n) is 4.73. The zero-order valence-electron chi connectivity index (χ0n) is 10.7. The Hall–Kier alpha value is -1.75. The largest absolute Gasteiger partial charge is 0.508 e. The third-order valence-corrected chi connectivity index (χ3v) is 2.79. The van der Waals surface area contributed by atoms with Crippen LogP contribution in [0.1, 0.15) is 32.4 Å². The first-order valence-electron chi connectivity index (χ1n) is 5.83. The second-order valence-corrected chi connectivity index (χ2v) is 4.73. The van der Waals surface area contributed by atoms with Crippen LogP contribution in [0.25, 0.3) is 0 Å². The molecule has 1 rings (SSSR count). The average molecular weight is 253 g/mol. The average Bonchev–Trinajstić information content (AvgIpc) is 2.23. The molecule has 0 saturated carbocycles. The van der Waals surface area contributed by atoms with Gasteiger partial charge < -0.3 is 15.3 Å². The quantitative estimate of drug-likeness (QED) is 0.643. The van der Waals surface area contributed by atoms with Gasteiger partial charge in [0, 0.05) is 12.1 Å². The van der Waals surface area contributed by atoms with E-state index in [2.05, 4.69) is 5.32 Å². The molecule has 0 saturated heterocycles. The van der Waals surface area contributed by atoms with Gasteiger partial charge in [-0.15, -0.1) is 0 Å². The molecule has 0 fully saturated rings. The zero-order chi connectivity index (χ0) is 13.9. The molecule has 0 aliphatic heterocycles. The molecule has 18 heavy (non-hydrogen) atoms. The highest BCUT2D eigenvalue weighted by atomic mass is 16.4. The molecule has 0 bridgehead atoms. The summed E-state index contributed by atoms with van der Waals surface area (Å²) < 4.78 is 0. The predicted octanol–water partition coefficient (Wildman–Crippen LogP) is 1.86. The maximum Gasteiger partial charge on any atom is 0.320 e. The summed E-state index contributed by atoms with van der Waals surface area (Å²) in [5, 5.41) is 30.8. The smallest absolute Gasteiger partial charge is 0.320 e. The number of hydrogen-bond donors (Lipinski definition) is 4. The Kier molecular flexibility index (Phi) is 4.55. The van der Waals surface area contributed by atoms with Crippen LogP contribution in [0, 0.1) is 5.92 Å². The van der Waals surface area contributed by atoms with Gasteiger partial charge >= 0.3 is 5.97 Å². The van der Waals surface area contributed by atoms with Gasteiger partial charge in [0.1, 0.15) is 17.5 Å². The fourth-order valence-corrected chi connectivity index (χ4v) is 1.78.